The first-order valence-corrected chi connectivity index (χ1v) is 11.9. The minimum absolute atomic E-state index is 0.251. The summed E-state index contributed by atoms with van der Waals surface area (Å²) in [5, 5.41) is 0. The van der Waals surface area contributed by atoms with Crippen LogP contribution in [-0.4, -0.2) is 20.7 Å². The molecule has 0 amide bonds. The molecule has 31 heavy (non-hydrogen) atoms. The van der Waals surface area contributed by atoms with Crippen molar-refractivity contribution in [1.82, 2.24) is 4.98 Å². The van der Waals surface area contributed by atoms with Crippen molar-refractivity contribution in [2.75, 3.05) is 5.75 Å². The lowest BCUT2D eigenvalue weighted by Crippen LogP contribution is -2.22. The number of benzene rings is 3. The van der Waals surface area contributed by atoms with Gasteiger partial charge < -0.3 is 4.42 Å². The van der Waals surface area contributed by atoms with E-state index in [-0.39, 0.29) is 5.78 Å². The van der Waals surface area contributed by atoms with Crippen LogP contribution in [0.3, 0.4) is 0 Å². The maximum atomic E-state index is 13.3. The first-order chi connectivity index (χ1) is 15.1. The van der Waals surface area contributed by atoms with Crippen LogP contribution in [0.2, 0.25) is 0 Å². The van der Waals surface area contributed by atoms with Gasteiger partial charge in [0.05, 0.1) is 16.2 Å². The molecule has 1 aliphatic rings. The third-order valence-corrected chi connectivity index (χ3v) is 7.49. The van der Waals surface area contributed by atoms with Gasteiger partial charge >= 0.3 is 0 Å². The van der Waals surface area contributed by atoms with E-state index in [0.717, 1.165) is 51.1 Å². The highest BCUT2D eigenvalue weighted by Gasteiger charge is 2.50. The molecule has 4 nitrogen and oxygen atoms in total. The molecule has 5 heteroatoms. The summed E-state index contributed by atoms with van der Waals surface area (Å²) >= 11 is 0. The quantitative estimate of drug-likeness (QED) is 0.391. The third kappa shape index (κ3) is 3.74. The normalized spacial score (nSPS) is 15.6. The van der Waals surface area contributed by atoms with Gasteiger partial charge in [-0.1, -0.05) is 49.4 Å². The lowest BCUT2D eigenvalue weighted by Gasteiger charge is -2.15. The number of ketones is 1. The summed E-state index contributed by atoms with van der Waals surface area (Å²) in [5.74, 6) is 0.864. The molecule has 0 aliphatic heterocycles. The zero-order chi connectivity index (χ0) is 21.4. The summed E-state index contributed by atoms with van der Waals surface area (Å²) in [6, 6.07) is 21.9. The van der Waals surface area contributed by atoms with Gasteiger partial charge in [-0.15, -0.1) is 0 Å². The molecule has 1 heterocycles. The van der Waals surface area contributed by atoms with Gasteiger partial charge in [0.1, 0.15) is 11.3 Å². The predicted molar refractivity (Wildman–Crippen MR) is 122 cm³/mol. The van der Waals surface area contributed by atoms with Crippen LogP contribution in [0.15, 0.2) is 82.4 Å². The highest BCUT2D eigenvalue weighted by Crippen LogP contribution is 2.50. The smallest absolute Gasteiger partial charge is 0.181 e. The van der Waals surface area contributed by atoms with Crippen LogP contribution in [0.5, 0.6) is 0 Å². The molecule has 1 atom stereocenters. The van der Waals surface area contributed by atoms with E-state index in [1.54, 1.807) is 0 Å². The molecule has 0 N–H and O–H groups in total. The zero-order valence-electron chi connectivity index (χ0n) is 17.3. The second kappa shape index (κ2) is 7.89. The Morgan fingerprint density at radius 3 is 2.58 bits per heavy atom. The first kappa shape index (κ1) is 19.9. The van der Waals surface area contributed by atoms with Crippen LogP contribution in [-0.2, 0) is 27.4 Å². The van der Waals surface area contributed by atoms with E-state index in [1.165, 1.54) is 6.39 Å². The molecule has 4 aromatic rings. The number of Topliss-reactive ketones (excluding diaryl/α,β-unsaturated/α-hetero) is 1. The Morgan fingerprint density at radius 2 is 1.84 bits per heavy atom. The highest BCUT2D eigenvalue weighted by molar-refractivity contribution is 7.85. The van der Waals surface area contributed by atoms with Gasteiger partial charge in [0.25, 0.3) is 0 Å². The van der Waals surface area contributed by atoms with Crippen LogP contribution in [0.25, 0.3) is 22.2 Å². The van der Waals surface area contributed by atoms with Crippen molar-refractivity contribution in [2.24, 2.45) is 0 Å². The fourth-order valence-electron chi connectivity index (χ4n) is 4.19. The molecule has 1 unspecified atom stereocenters. The average molecular weight is 430 g/mol. The summed E-state index contributed by atoms with van der Waals surface area (Å²) in [6.07, 6.45) is 3.60. The Labute approximate surface area is 183 Å². The Balaban J connectivity index is 1.37. The Bertz CT molecular complexity index is 1290. The molecular formula is C26H23NO3S. The highest BCUT2D eigenvalue weighted by atomic mass is 32.2. The number of rotatable bonds is 7. The van der Waals surface area contributed by atoms with Crippen molar-refractivity contribution in [3.8, 4) is 11.1 Å². The van der Waals surface area contributed by atoms with E-state index < -0.39 is 16.2 Å². The minimum Gasteiger partial charge on any atom is -0.443 e. The molecule has 0 bridgehead atoms. The Kier molecular flexibility index (Phi) is 5.06. The van der Waals surface area contributed by atoms with Crippen molar-refractivity contribution in [2.45, 2.75) is 36.5 Å². The molecule has 156 valence electrons. The standard InChI is InChI=1S/C26H23NO3S/c1-2-31(29)22-9-6-19(7-10-22)20-5-3-4-18(14-20)15-25(28)26(12-13-26)21-8-11-24-23(16-21)27-17-30-24/h3-11,14,16-17H,2,12-13,15H2,1H3. The number of carbonyl (C=O) groups is 1. The molecule has 1 aliphatic carbocycles. The Morgan fingerprint density at radius 1 is 1.03 bits per heavy atom. The molecule has 1 saturated carbocycles. The fraction of sp³-hybridized carbons (Fsp3) is 0.231. The van der Waals surface area contributed by atoms with Crippen molar-refractivity contribution in [1.29, 1.82) is 0 Å². The molecular weight excluding hydrogens is 406 g/mol. The monoisotopic (exact) mass is 429 g/mol. The average Bonchev–Trinajstić information content (AvgIpc) is 3.49. The van der Waals surface area contributed by atoms with Gasteiger partial charge in [-0.25, -0.2) is 4.98 Å². The number of hydrogen-bond acceptors (Lipinski definition) is 4. The van der Waals surface area contributed by atoms with E-state index >= 15 is 0 Å². The summed E-state index contributed by atoms with van der Waals surface area (Å²) in [4.78, 5) is 18.4. The fourth-order valence-corrected chi connectivity index (χ4v) is 4.96. The van der Waals surface area contributed by atoms with Crippen molar-refractivity contribution < 1.29 is 13.4 Å². The van der Waals surface area contributed by atoms with Gasteiger partial charge in [0.2, 0.25) is 0 Å². The number of fused-ring (bicyclic) bond motifs is 1. The van der Waals surface area contributed by atoms with Crippen LogP contribution in [0, 0.1) is 0 Å². The van der Waals surface area contributed by atoms with Gasteiger partial charge in [-0.3, -0.25) is 9.00 Å². The van der Waals surface area contributed by atoms with Gasteiger partial charge in [0, 0.05) is 17.1 Å². The van der Waals surface area contributed by atoms with E-state index in [2.05, 4.69) is 11.1 Å². The summed E-state index contributed by atoms with van der Waals surface area (Å²) in [6.45, 7) is 1.92. The second-order valence-electron chi connectivity index (χ2n) is 8.08. The molecule has 1 aromatic heterocycles. The molecule has 0 spiro atoms. The van der Waals surface area contributed by atoms with E-state index in [4.69, 9.17) is 4.42 Å². The molecule has 5 rings (SSSR count). The van der Waals surface area contributed by atoms with E-state index in [0.29, 0.717) is 12.2 Å². The number of carbonyl (C=O) groups excluding carboxylic acids is 1. The van der Waals surface area contributed by atoms with Gasteiger partial charge in [-0.2, -0.15) is 0 Å². The predicted octanol–water partition coefficient (Wildman–Crippen LogP) is 5.47. The lowest BCUT2D eigenvalue weighted by atomic mass is 9.87. The number of nitrogens with zero attached hydrogens (tertiary/aromatic N) is 1. The largest absolute Gasteiger partial charge is 0.443 e. The summed E-state index contributed by atoms with van der Waals surface area (Å²) in [7, 11) is -0.950. The molecule has 0 saturated heterocycles. The van der Waals surface area contributed by atoms with Crippen LogP contribution in [0.4, 0.5) is 0 Å². The summed E-state index contributed by atoms with van der Waals surface area (Å²) < 4.78 is 17.3. The van der Waals surface area contributed by atoms with Crippen molar-refractivity contribution >= 4 is 27.7 Å². The van der Waals surface area contributed by atoms with Crippen LogP contribution >= 0.6 is 0 Å². The topological polar surface area (TPSA) is 60.2 Å². The minimum atomic E-state index is -0.950. The van der Waals surface area contributed by atoms with Gasteiger partial charge in [-0.05, 0) is 59.4 Å². The Hall–Kier alpha value is -3.05. The van der Waals surface area contributed by atoms with Crippen LogP contribution in [0.1, 0.15) is 30.9 Å². The van der Waals surface area contributed by atoms with E-state index in [1.807, 2.05) is 67.6 Å². The third-order valence-electron chi connectivity index (χ3n) is 6.17. The van der Waals surface area contributed by atoms with Crippen LogP contribution < -0.4 is 0 Å². The number of aromatic nitrogens is 1. The maximum absolute atomic E-state index is 13.3. The first-order valence-electron chi connectivity index (χ1n) is 10.5. The number of hydrogen-bond donors (Lipinski definition) is 0. The van der Waals surface area contributed by atoms with Crippen molar-refractivity contribution in [3.05, 3.63) is 84.3 Å². The van der Waals surface area contributed by atoms with Gasteiger partial charge in [0.15, 0.2) is 12.0 Å². The SMILES string of the molecule is CCS(=O)c1ccc(-c2cccc(CC(=O)C3(c4ccc5ocnc5c4)CC3)c2)cc1. The zero-order valence-corrected chi connectivity index (χ0v) is 18.2. The molecule has 0 radical (unpaired) electrons. The number of oxazole rings is 1. The molecule has 3 aromatic carbocycles. The van der Waals surface area contributed by atoms with E-state index in [9.17, 15) is 9.00 Å². The lowest BCUT2D eigenvalue weighted by molar-refractivity contribution is -0.120. The molecule has 1 fully saturated rings. The van der Waals surface area contributed by atoms with Crippen molar-refractivity contribution in [3.63, 3.8) is 0 Å². The maximum Gasteiger partial charge on any atom is 0.181 e. The summed E-state index contributed by atoms with van der Waals surface area (Å²) in [5.41, 5.74) is 5.32. The second-order valence-corrected chi connectivity index (χ2v) is 9.82.